The Bertz CT molecular complexity index is 531. The minimum atomic E-state index is -0.143. The molecular formula is C18H26N2O4. The lowest BCUT2D eigenvalue weighted by Gasteiger charge is -2.53. The first-order valence-corrected chi connectivity index (χ1v) is 8.74. The van der Waals surface area contributed by atoms with Crippen molar-refractivity contribution >= 4 is 5.91 Å². The molecule has 0 bridgehead atoms. The molecule has 1 amide bonds. The van der Waals surface area contributed by atoms with Gasteiger partial charge in [0, 0.05) is 25.5 Å². The molecule has 2 saturated heterocycles. The maximum atomic E-state index is 11.9. The number of ether oxygens (including phenoxy) is 3. The quantitative estimate of drug-likeness (QED) is 0.762. The van der Waals surface area contributed by atoms with Crippen LogP contribution in [0.15, 0.2) is 24.4 Å². The molecule has 6 nitrogen and oxygen atoms in total. The Morgan fingerprint density at radius 3 is 3.08 bits per heavy atom. The Morgan fingerprint density at radius 1 is 1.46 bits per heavy atom. The number of pyridine rings is 1. The van der Waals surface area contributed by atoms with Crippen LogP contribution in [-0.4, -0.2) is 60.9 Å². The van der Waals surface area contributed by atoms with Crippen molar-refractivity contribution in [1.82, 2.24) is 9.88 Å². The summed E-state index contributed by atoms with van der Waals surface area (Å²) < 4.78 is 16.9. The number of hydrogen-bond donors (Lipinski definition) is 0. The first kappa shape index (κ1) is 17.2. The molecule has 2 aliphatic heterocycles. The molecule has 1 aromatic rings. The van der Waals surface area contributed by atoms with E-state index in [9.17, 15) is 4.79 Å². The van der Waals surface area contributed by atoms with Gasteiger partial charge >= 0.3 is 0 Å². The van der Waals surface area contributed by atoms with Gasteiger partial charge in [-0.25, -0.2) is 4.98 Å². The number of rotatable bonds is 7. The van der Waals surface area contributed by atoms with Crippen LogP contribution in [0.25, 0.3) is 0 Å². The van der Waals surface area contributed by atoms with Crippen molar-refractivity contribution in [2.45, 2.75) is 31.8 Å². The Morgan fingerprint density at radius 2 is 2.33 bits per heavy atom. The van der Waals surface area contributed by atoms with Gasteiger partial charge in [0.1, 0.15) is 12.2 Å². The van der Waals surface area contributed by atoms with Gasteiger partial charge in [-0.2, -0.15) is 0 Å². The Balaban J connectivity index is 1.40. The summed E-state index contributed by atoms with van der Waals surface area (Å²) >= 11 is 0. The predicted molar refractivity (Wildman–Crippen MR) is 88.8 cm³/mol. The largest absolute Gasteiger partial charge is 0.478 e. The van der Waals surface area contributed by atoms with Gasteiger partial charge in [-0.3, -0.25) is 4.79 Å². The first-order valence-electron chi connectivity index (χ1n) is 8.74. The van der Waals surface area contributed by atoms with Crippen molar-refractivity contribution < 1.29 is 19.0 Å². The number of aromatic nitrogens is 1. The molecule has 0 aromatic carbocycles. The van der Waals surface area contributed by atoms with Crippen molar-refractivity contribution in [3.8, 4) is 5.88 Å². The first-order chi connectivity index (χ1) is 11.7. The van der Waals surface area contributed by atoms with E-state index in [4.69, 9.17) is 14.2 Å². The number of likely N-dealkylation sites (tertiary alicyclic amines) is 1. The van der Waals surface area contributed by atoms with E-state index in [1.54, 1.807) is 6.20 Å². The molecule has 1 atom stereocenters. The van der Waals surface area contributed by atoms with Gasteiger partial charge in [-0.05, 0) is 38.2 Å². The van der Waals surface area contributed by atoms with E-state index < -0.39 is 0 Å². The normalized spacial score (nSPS) is 22.2. The van der Waals surface area contributed by atoms with Crippen LogP contribution in [0.5, 0.6) is 5.88 Å². The molecule has 1 aromatic heterocycles. The maximum absolute atomic E-state index is 11.9. The highest BCUT2D eigenvalue weighted by Gasteiger charge is 2.48. The van der Waals surface area contributed by atoms with Crippen LogP contribution in [-0.2, 0) is 14.3 Å². The van der Waals surface area contributed by atoms with Gasteiger partial charge < -0.3 is 19.1 Å². The highest BCUT2D eigenvalue weighted by molar-refractivity contribution is 5.78. The average Bonchev–Trinajstić information content (AvgIpc) is 2.58. The molecule has 3 rings (SSSR count). The van der Waals surface area contributed by atoms with Crippen LogP contribution >= 0.6 is 0 Å². The van der Waals surface area contributed by atoms with E-state index in [1.165, 1.54) is 0 Å². The highest BCUT2D eigenvalue weighted by atomic mass is 16.5. The van der Waals surface area contributed by atoms with Crippen LogP contribution in [0.2, 0.25) is 0 Å². The van der Waals surface area contributed by atoms with E-state index in [1.807, 2.05) is 30.0 Å². The summed E-state index contributed by atoms with van der Waals surface area (Å²) in [4.78, 5) is 17.9. The van der Waals surface area contributed by atoms with Crippen LogP contribution in [0.4, 0.5) is 0 Å². The van der Waals surface area contributed by atoms with E-state index in [-0.39, 0.29) is 18.1 Å². The smallest absolute Gasteiger partial charge is 0.248 e. The van der Waals surface area contributed by atoms with Crippen molar-refractivity contribution in [3.63, 3.8) is 0 Å². The van der Waals surface area contributed by atoms with E-state index in [0.29, 0.717) is 38.1 Å². The standard InChI is InChI=1S/C18H26N2O4/c1-2-22-12-17(21)20-13-18(14-20)11-15(7-10-24-18)6-9-23-16-5-3-4-8-19-16/h3-5,8,15H,2,6-7,9-14H2,1H3/t15-/m0/s1. The SMILES string of the molecule is CCOCC(=O)N1CC2(C[C@@H](CCOc3ccccn3)CCO2)C1. The van der Waals surface area contributed by atoms with Gasteiger partial charge in [0.05, 0.1) is 19.7 Å². The van der Waals surface area contributed by atoms with Crippen LogP contribution in [0.1, 0.15) is 26.2 Å². The molecule has 2 aliphatic rings. The topological polar surface area (TPSA) is 60.9 Å². The Kier molecular flexibility index (Phi) is 5.68. The molecule has 0 unspecified atom stereocenters. The van der Waals surface area contributed by atoms with Gasteiger partial charge in [-0.15, -0.1) is 0 Å². The fraction of sp³-hybridized carbons (Fsp3) is 0.667. The third-order valence-electron chi connectivity index (χ3n) is 4.75. The van der Waals surface area contributed by atoms with Crippen molar-refractivity contribution in [2.24, 2.45) is 5.92 Å². The van der Waals surface area contributed by atoms with Gasteiger partial charge in [-0.1, -0.05) is 6.07 Å². The zero-order chi connectivity index (χ0) is 16.8. The second-order valence-electron chi connectivity index (χ2n) is 6.58. The third kappa shape index (κ3) is 4.24. The number of carbonyl (C=O) groups excluding carboxylic acids is 1. The average molecular weight is 334 g/mol. The summed E-state index contributed by atoms with van der Waals surface area (Å²) in [6.07, 6.45) is 4.78. The number of carbonyl (C=O) groups is 1. The second kappa shape index (κ2) is 7.94. The Labute approximate surface area is 143 Å². The summed E-state index contributed by atoms with van der Waals surface area (Å²) in [5.41, 5.74) is -0.143. The van der Waals surface area contributed by atoms with Gasteiger partial charge in [0.15, 0.2) is 0 Å². The lowest BCUT2D eigenvalue weighted by molar-refractivity contribution is -0.191. The second-order valence-corrected chi connectivity index (χ2v) is 6.58. The predicted octanol–water partition coefficient (Wildman–Crippen LogP) is 1.89. The van der Waals surface area contributed by atoms with Gasteiger partial charge in [0.2, 0.25) is 11.8 Å². The zero-order valence-electron chi connectivity index (χ0n) is 14.3. The number of hydrogen-bond acceptors (Lipinski definition) is 5. The third-order valence-corrected chi connectivity index (χ3v) is 4.75. The summed E-state index contributed by atoms with van der Waals surface area (Å²) in [7, 11) is 0. The van der Waals surface area contributed by atoms with Crippen LogP contribution in [0, 0.1) is 5.92 Å². The molecule has 132 valence electrons. The molecule has 3 heterocycles. The summed E-state index contributed by atoms with van der Waals surface area (Å²) in [6.45, 7) is 5.46. The monoisotopic (exact) mass is 334 g/mol. The van der Waals surface area contributed by atoms with Crippen molar-refractivity contribution in [3.05, 3.63) is 24.4 Å². The fourth-order valence-electron chi connectivity index (χ4n) is 3.46. The number of amides is 1. The lowest BCUT2D eigenvalue weighted by Crippen LogP contribution is -2.67. The maximum Gasteiger partial charge on any atom is 0.248 e. The van der Waals surface area contributed by atoms with Crippen molar-refractivity contribution in [1.29, 1.82) is 0 Å². The number of nitrogens with zero attached hydrogens (tertiary/aromatic N) is 2. The van der Waals surface area contributed by atoms with Gasteiger partial charge in [0.25, 0.3) is 0 Å². The lowest BCUT2D eigenvalue weighted by atomic mass is 9.79. The summed E-state index contributed by atoms with van der Waals surface area (Å²) in [5.74, 6) is 1.31. The minimum absolute atomic E-state index is 0.0617. The molecule has 0 aliphatic carbocycles. The molecule has 0 saturated carbocycles. The minimum Gasteiger partial charge on any atom is -0.478 e. The molecule has 2 fully saturated rings. The Hall–Kier alpha value is -1.66. The zero-order valence-corrected chi connectivity index (χ0v) is 14.3. The van der Waals surface area contributed by atoms with Crippen LogP contribution < -0.4 is 4.74 Å². The fourth-order valence-corrected chi connectivity index (χ4v) is 3.46. The highest BCUT2D eigenvalue weighted by Crippen LogP contribution is 2.38. The van der Waals surface area contributed by atoms with E-state index in [2.05, 4.69) is 4.98 Å². The molecule has 0 radical (unpaired) electrons. The molecule has 24 heavy (non-hydrogen) atoms. The van der Waals surface area contributed by atoms with E-state index in [0.717, 1.165) is 25.9 Å². The molecule has 1 spiro atoms. The van der Waals surface area contributed by atoms with Crippen LogP contribution in [0.3, 0.4) is 0 Å². The summed E-state index contributed by atoms with van der Waals surface area (Å²) in [5, 5.41) is 0. The molecular weight excluding hydrogens is 308 g/mol. The summed E-state index contributed by atoms with van der Waals surface area (Å²) in [6, 6.07) is 5.68. The molecule has 6 heteroatoms. The molecule has 0 N–H and O–H groups in total. The van der Waals surface area contributed by atoms with E-state index >= 15 is 0 Å². The van der Waals surface area contributed by atoms with Crippen molar-refractivity contribution in [2.75, 3.05) is 39.5 Å².